The van der Waals surface area contributed by atoms with Gasteiger partial charge in [-0.1, -0.05) is 38.8 Å². The quantitative estimate of drug-likeness (QED) is 0.605. The van der Waals surface area contributed by atoms with Crippen molar-refractivity contribution in [2.24, 2.45) is 5.41 Å². The molecule has 7 heavy (non-hydrogen) atoms. The van der Waals surface area contributed by atoms with Crippen LogP contribution in [-0.4, -0.2) is 10.2 Å². The normalized spacial score (nSPS) is 49.3. The average molecular weight is 228 g/mol. The van der Waals surface area contributed by atoms with Gasteiger partial charge in [0.05, 0.1) is 0 Å². The maximum Gasteiger partial charge on any atom is 0.0213 e. The van der Waals surface area contributed by atoms with Crippen molar-refractivity contribution < 1.29 is 0 Å². The van der Waals surface area contributed by atoms with Gasteiger partial charge in [0, 0.05) is 10.2 Å². The molecule has 1 aliphatic rings. The van der Waals surface area contributed by atoms with Gasteiger partial charge in [-0.15, -0.1) is 0 Å². The molecule has 0 aromatic heterocycles. The molecule has 42 valence electrons. The van der Waals surface area contributed by atoms with Gasteiger partial charge in [-0.3, -0.25) is 0 Å². The van der Waals surface area contributed by atoms with Crippen LogP contribution in [0, 0.1) is 5.41 Å². The summed E-state index contributed by atoms with van der Waals surface area (Å²) < 4.78 is 0. The molecule has 0 heterocycles. The van der Waals surface area contributed by atoms with E-state index < -0.39 is 0 Å². The van der Waals surface area contributed by atoms with Gasteiger partial charge in [0.2, 0.25) is 0 Å². The van der Waals surface area contributed by atoms with E-state index in [0.29, 0.717) is 5.41 Å². The van der Waals surface area contributed by atoms with Crippen molar-refractivity contribution in [3.8, 4) is 0 Å². The first-order valence-corrected chi connectivity index (χ1v) is 4.43. The molecular formula is C5H8Br2. The standard InChI is InChI=1S/C5H8Br2/c1-5(3-6)2-4(5)7/h4H,2-3H2,1H3/t4-,5-/m1/s1. The van der Waals surface area contributed by atoms with E-state index in [0.717, 1.165) is 10.2 Å². The maximum atomic E-state index is 3.53. The van der Waals surface area contributed by atoms with Crippen LogP contribution < -0.4 is 0 Å². The highest BCUT2D eigenvalue weighted by Crippen LogP contribution is 2.51. The number of hydrogen-bond acceptors (Lipinski definition) is 0. The van der Waals surface area contributed by atoms with Gasteiger partial charge < -0.3 is 0 Å². The summed E-state index contributed by atoms with van der Waals surface area (Å²) in [6, 6.07) is 0. The van der Waals surface area contributed by atoms with E-state index in [1.165, 1.54) is 6.42 Å². The molecule has 0 aliphatic heterocycles. The highest BCUT2D eigenvalue weighted by molar-refractivity contribution is 9.10. The van der Waals surface area contributed by atoms with Gasteiger partial charge in [0.25, 0.3) is 0 Å². The molecule has 0 saturated heterocycles. The summed E-state index contributed by atoms with van der Waals surface area (Å²) in [5.41, 5.74) is 0.583. The molecule has 0 amide bonds. The number of hydrogen-bond donors (Lipinski definition) is 0. The highest BCUT2D eigenvalue weighted by atomic mass is 79.9. The predicted octanol–water partition coefficient (Wildman–Crippen LogP) is 2.55. The largest absolute Gasteiger partial charge is 0.0922 e. The molecule has 1 aliphatic carbocycles. The summed E-state index contributed by atoms with van der Waals surface area (Å²) in [6.07, 6.45) is 1.33. The zero-order valence-electron chi connectivity index (χ0n) is 4.25. The van der Waals surface area contributed by atoms with Gasteiger partial charge in [-0.05, 0) is 11.8 Å². The molecule has 1 rings (SSSR count). The molecule has 0 unspecified atom stereocenters. The number of rotatable bonds is 1. The van der Waals surface area contributed by atoms with Crippen molar-refractivity contribution in [2.75, 3.05) is 5.33 Å². The lowest BCUT2D eigenvalue weighted by Gasteiger charge is -1.98. The van der Waals surface area contributed by atoms with E-state index in [2.05, 4.69) is 38.8 Å². The van der Waals surface area contributed by atoms with Gasteiger partial charge in [0.1, 0.15) is 0 Å². The second-order valence-corrected chi connectivity index (χ2v) is 4.13. The molecule has 0 spiro atoms. The van der Waals surface area contributed by atoms with Gasteiger partial charge in [0.15, 0.2) is 0 Å². The van der Waals surface area contributed by atoms with Crippen molar-refractivity contribution in [1.82, 2.24) is 0 Å². The van der Waals surface area contributed by atoms with Crippen molar-refractivity contribution in [3.05, 3.63) is 0 Å². The third-order valence-electron chi connectivity index (χ3n) is 1.55. The van der Waals surface area contributed by atoms with Crippen LogP contribution in [0.3, 0.4) is 0 Å². The Kier molecular flexibility index (Phi) is 1.50. The van der Waals surface area contributed by atoms with Gasteiger partial charge in [-0.25, -0.2) is 0 Å². The van der Waals surface area contributed by atoms with Crippen LogP contribution in [0.25, 0.3) is 0 Å². The Bertz CT molecular complexity index is 78.1. The van der Waals surface area contributed by atoms with Crippen LogP contribution in [0.2, 0.25) is 0 Å². The molecule has 1 fully saturated rings. The summed E-state index contributed by atoms with van der Waals surface area (Å²) >= 11 is 6.98. The summed E-state index contributed by atoms with van der Waals surface area (Å²) in [4.78, 5) is 0.777. The van der Waals surface area contributed by atoms with E-state index in [1.54, 1.807) is 0 Å². The lowest BCUT2D eigenvalue weighted by atomic mass is 10.2. The molecule has 0 bridgehead atoms. The summed E-state index contributed by atoms with van der Waals surface area (Å²) in [7, 11) is 0. The first-order chi connectivity index (χ1) is 3.19. The summed E-state index contributed by atoms with van der Waals surface area (Å²) in [5, 5.41) is 1.13. The van der Waals surface area contributed by atoms with Crippen molar-refractivity contribution in [2.45, 2.75) is 18.2 Å². The summed E-state index contributed by atoms with van der Waals surface area (Å²) in [6.45, 7) is 2.28. The number of halogens is 2. The monoisotopic (exact) mass is 226 g/mol. The molecule has 0 aromatic rings. The number of alkyl halides is 2. The molecule has 2 atom stereocenters. The molecule has 0 radical (unpaired) electrons. The van der Waals surface area contributed by atoms with E-state index >= 15 is 0 Å². The van der Waals surface area contributed by atoms with Crippen molar-refractivity contribution >= 4 is 31.9 Å². The van der Waals surface area contributed by atoms with Crippen LogP contribution in [0.4, 0.5) is 0 Å². The lowest BCUT2D eigenvalue weighted by Crippen LogP contribution is -1.96. The Morgan fingerprint density at radius 2 is 2.29 bits per heavy atom. The van der Waals surface area contributed by atoms with Crippen LogP contribution in [0.5, 0.6) is 0 Å². The molecule has 0 aromatic carbocycles. The summed E-state index contributed by atoms with van der Waals surface area (Å²) in [5.74, 6) is 0. The molecule has 0 nitrogen and oxygen atoms in total. The SMILES string of the molecule is C[C@]1(CBr)C[C@H]1Br. The third kappa shape index (κ3) is 1.02. The first kappa shape index (κ1) is 6.09. The minimum Gasteiger partial charge on any atom is -0.0922 e. The fraction of sp³-hybridized carbons (Fsp3) is 1.00. The van der Waals surface area contributed by atoms with E-state index in [9.17, 15) is 0 Å². The van der Waals surface area contributed by atoms with E-state index in [-0.39, 0.29) is 0 Å². The van der Waals surface area contributed by atoms with Crippen LogP contribution in [0.1, 0.15) is 13.3 Å². The Labute approximate surface area is 60.9 Å². The minimum absolute atomic E-state index is 0.583. The molecule has 2 heteroatoms. The third-order valence-corrected chi connectivity index (χ3v) is 4.26. The predicted molar refractivity (Wildman–Crippen MR) is 39.2 cm³/mol. The molecule has 1 saturated carbocycles. The maximum absolute atomic E-state index is 3.53. The van der Waals surface area contributed by atoms with E-state index in [4.69, 9.17) is 0 Å². The van der Waals surface area contributed by atoms with Crippen molar-refractivity contribution in [3.63, 3.8) is 0 Å². The lowest BCUT2D eigenvalue weighted by molar-refractivity contribution is 0.679. The highest BCUT2D eigenvalue weighted by Gasteiger charge is 2.47. The average Bonchev–Trinajstić information content (AvgIpc) is 2.18. The minimum atomic E-state index is 0.583. The zero-order valence-corrected chi connectivity index (χ0v) is 7.42. The Hall–Kier alpha value is 0.960. The topological polar surface area (TPSA) is 0 Å². The molecular weight excluding hydrogens is 220 g/mol. The van der Waals surface area contributed by atoms with Gasteiger partial charge in [-0.2, -0.15) is 0 Å². The second-order valence-electron chi connectivity index (χ2n) is 2.46. The fourth-order valence-electron chi connectivity index (χ4n) is 0.489. The van der Waals surface area contributed by atoms with Crippen LogP contribution in [-0.2, 0) is 0 Å². The van der Waals surface area contributed by atoms with E-state index in [1.807, 2.05) is 0 Å². The van der Waals surface area contributed by atoms with Crippen LogP contribution in [0.15, 0.2) is 0 Å². The second kappa shape index (κ2) is 1.73. The Morgan fingerprint density at radius 1 is 1.86 bits per heavy atom. The molecule has 0 N–H and O–H groups in total. The Morgan fingerprint density at radius 3 is 2.29 bits per heavy atom. The Balaban J connectivity index is 2.36. The van der Waals surface area contributed by atoms with Gasteiger partial charge >= 0.3 is 0 Å². The van der Waals surface area contributed by atoms with Crippen molar-refractivity contribution in [1.29, 1.82) is 0 Å². The smallest absolute Gasteiger partial charge is 0.0213 e. The zero-order chi connectivity index (χ0) is 5.49. The van der Waals surface area contributed by atoms with Crippen LogP contribution >= 0.6 is 31.9 Å². The fourth-order valence-corrected chi connectivity index (χ4v) is 2.44. The first-order valence-electron chi connectivity index (χ1n) is 2.39.